The fourth-order valence-electron chi connectivity index (χ4n) is 2.30. The average Bonchev–Trinajstić information content (AvgIpc) is 2.58. The van der Waals surface area contributed by atoms with Crippen LogP contribution < -0.4 is 10.6 Å². The van der Waals surface area contributed by atoms with Crippen LogP contribution in [-0.2, 0) is 0 Å². The summed E-state index contributed by atoms with van der Waals surface area (Å²) in [5, 5.41) is 15.4. The van der Waals surface area contributed by atoms with E-state index in [0.29, 0.717) is 17.3 Å². The average molecular weight is 394 g/mol. The minimum Gasteiger partial charge on any atom is -0.340 e. The maximum Gasteiger partial charge on any atom is 0.229 e. The molecule has 0 fully saturated rings. The molecule has 0 saturated heterocycles. The molecule has 0 aliphatic rings. The molecule has 2 N–H and O–H groups in total. The van der Waals surface area contributed by atoms with Crippen molar-refractivity contribution < 1.29 is 0 Å². The molecule has 2 aromatic carbocycles. The van der Waals surface area contributed by atoms with E-state index >= 15 is 0 Å². The Hall–Kier alpha value is -2.91. The third-order valence-electron chi connectivity index (χ3n) is 3.55. The molecule has 0 radical (unpaired) electrons. The van der Waals surface area contributed by atoms with Gasteiger partial charge in [0.1, 0.15) is 5.82 Å². The highest BCUT2D eigenvalue weighted by Gasteiger charge is 2.05. The third-order valence-corrected chi connectivity index (χ3v) is 4.40. The molecule has 5 nitrogen and oxygen atoms in total. The second kappa shape index (κ2) is 7.32. The summed E-state index contributed by atoms with van der Waals surface area (Å²) in [6, 6.07) is 17.2. The van der Waals surface area contributed by atoms with Gasteiger partial charge in [-0.2, -0.15) is 10.2 Å². The first-order valence-electron chi connectivity index (χ1n) is 7.69. The molecule has 1 heterocycles. The lowest BCUT2D eigenvalue weighted by Gasteiger charge is -2.11. The Morgan fingerprint density at radius 3 is 2.52 bits per heavy atom. The molecule has 1 aromatic heterocycles. The molecule has 3 aromatic rings. The second-order valence-corrected chi connectivity index (χ2v) is 6.48. The minimum absolute atomic E-state index is 0.509. The number of aryl methyl sites for hydroxylation is 2. The van der Waals surface area contributed by atoms with E-state index in [-0.39, 0.29) is 0 Å². The van der Waals surface area contributed by atoms with Gasteiger partial charge in [0.05, 0.1) is 11.6 Å². The van der Waals surface area contributed by atoms with Crippen molar-refractivity contribution in [3.8, 4) is 6.07 Å². The van der Waals surface area contributed by atoms with Crippen LogP contribution in [0.2, 0.25) is 0 Å². The number of rotatable bonds is 4. The molecular formula is C19H16BrN5. The van der Waals surface area contributed by atoms with E-state index in [9.17, 15) is 0 Å². The van der Waals surface area contributed by atoms with Crippen LogP contribution in [0.3, 0.4) is 0 Å². The van der Waals surface area contributed by atoms with Gasteiger partial charge in [0, 0.05) is 27.6 Å². The number of hydrogen-bond donors (Lipinski definition) is 2. The Bertz CT molecular complexity index is 962. The van der Waals surface area contributed by atoms with Gasteiger partial charge in [-0.1, -0.05) is 28.1 Å². The number of aromatic nitrogens is 2. The van der Waals surface area contributed by atoms with E-state index in [2.05, 4.69) is 42.6 Å². The third kappa shape index (κ3) is 4.34. The van der Waals surface area contributed by atoms with Crippen molar-refractivity contribution in [1.82, 2.24) is 9.97 Å². The first-order chi connectivity index (χ1) is 12.0. The van der Waals surface area contributed by atoms with Gasteiger partial charge in [0.25, 0.3) is 0 Å². The van der Waals surface area contributed by atoms with Crippen LogP contribution in [0.15, 0.2) is 53.0 Å². The normalized spacial score (nSPS) is 10.2. The van der Waals surface area contributed by atoms with E-state index in [4.69, 9.17) is 5.26 Å². The van der Waals surface area contributed by atoms with Crippen molar-refractivity contribution in [3.63, 3.8) is 0 Å². The van der Waals surface area contributed by atoms with E-state index in [1.807, 2.05) is 50.2 Å². The van der Waals surface area contributed by atoms with E-state index in [1.54, 1.807) is 12.1 Å². The minimum atomic E-state index is 0.509. The van der Waals surface area contributed by atoms with Gasteiger partial charge < -0.3 is 10.6 Å². The molecule has 0 spiro atoms. The fraction of sp³-hybridized carbons (Fsp3) is 0.105. The fourth-order valence-corrected chi connectivity index (χ4v) is 2.68. The Kier molecular flexibility index (Phi) is 4.96. The molecule has 0 bridgehead atoms. The van der Waals surface area contributed by atoms with Crippen LogP contribution in [0.4, 0.5) is 23.1 Å². The lowest BCUT2D eigenvalue weighted by atomic mass is 10.2. The molecule has 0 amide bonds. The summed E-state index contributed by atoms with van der Waals surface area (Å²) in [7, 11) is 0. The zero-order chi connectivity index (χ0) is 17.8. The summed E-state index contributed by atoms with van der Waals surface area (Å²) >= 11 is 3.53. The maximum absolute atomic E-state index is 9.01. The van der Waals surface area contributed by atoms with E-state index in [1.165, 1.54) is 0 Å². The van der Waals surface area contributed by atoms with Gasteiger partial charge in [-0.15, -0.1) is 0 Å². The predicted molar refractivity (Wildman–Crippen MR) is 103 cm³/mol. The van der Waals surface area contributed by atoms with Gasteiger partial charge >= 0.3 is 0 Å². The molecule has 0 saturated carbocycles. The van der Waals surface area contributed by atoms with Crippen molar-refractivity contribution in [2.45, 2.75) is 13.8 Å². The molecule has 0 unspecified atom stereocenters. The molecule has 0 aliphatic heterocycles. The zero-order valence-electron chi connectivity index (χ0n) is 13.8. The van der Waals surface area contributed by atoms with Gasteiger partial charge in [0.15, 0.2) is 0 Å². The smallest absolute Gasteiger partial charge is 0.229 e. The number of hydrogen-bond acceptors (Lipinski definition) is 5. The SMILES string of the molecule is Cc1cc(Nc2cccc(C#N)c2)nc(Nc2ccc(C)c(Br)c2)n1. The number of benzene rings is 2. The Morgan fingerprint density at radius 2 is 1.76 bits per heavy atom. The number of nitriles is 1. The van der Waals surface area contributed by atoms with Crippen LogP contribution >= 0.6 is 15.9 Å². The quantitative estimate of drug-likeness (QED) is 0.635. The first kappa shape index (κ1) is 16.9. The van der Waals surface area contributed by atoms with Crippen molar-refractivity contribution in [2.75, 3.05) is 10.6 Å². The number of nitrogens with zero attached hydrogens (tertiary/aromatic N) is 3. The molecule has 6 heteroatoms. The van der Waals surface area contributed by atoms with Crippen molar-refractivity contribution in [1.29, 1.82) is 5.26 Å². The lowest BCUT2D eigenvalue weighted by molar-refractivity contribution is 1.11. The van der Waals surface area contributed by atoms with Gasteiger partial charge in [-0.05, 0) is 49.7 Å². The Balaban J connectivity index is 1.84. The summed E-state index contributed by atoms with van der Waals surface area (Å²) in [4.78, 5) is 8.93. The molecule has 25 heavy (non-hydrogen) atoms. The van der Waals surface area contributed by atoms with E-state index in [0.717, 1.165) is 27.1 Å². The summed E-state index contributed by atoms with van der Waals surface area (Å²) < 4.78 is 1.02. The molecular weight excluding hydrogens is 378 g/mol. The largest absolute Gasteiger partial charge is 0.340 e. The second-order valence-electron chi connectivity index (χ2n) is 5.62. The first-order valence-corrected chi connectivity index (χ1v) is 8.49. The van der Waals surface area contributed by atoms with Crippen molar-refractivity contribution in [3.05, 3.63) is 69.8 Å². The van der Waals surface area contributed by atoms with Gasteiger partial charge in [0.2, 0.25) is 5.95 Å². The summed E-state index contributed by atoms with van der Waals surface area (Å²) in [6.45, 7) is 3.95. The Labute approximate surface area is 154 Å². The summed E-state index contributed by atoms with van der Waals surface area (Å²) in [5.41, 5.74) is 4.30. The van der Waals surface area contributed by atoms with Gasteiger partial charge in [-0.3, -0.25) is 0 Å². The standard InChI is InChI=1S/C19H16BrN5/c1-12-6-7-16(10-17(12)20)24-19-22-13(2)8-18(25-19)23-15-5-3-4-14(9-15)11-21/h3-10H,1-2H3,(H2,22,23,24,25). The monoisotopic (exact) mass is 393 g/mol. The van der Waals surface area contributed by atoms with E-state index < -0.39 is 0 Å². The van der Waals surface area contributed by atoms with Crippen LogP contribution in [0.1, 0.15) is 16.8 Å². The molecule has 0 aliphatic carbocycles. The maximum atomic E-state index is 9.01. The molecule has 0 atom stereocenters. The van der Waals surface area contributed by atoms with Crippen LogP contribution in [0, 0.1) is 25.2 Å². The van der Waals surface area contributed by atoms with Crippen LogP contribution in [0.25, 0.3) is 0 Å². The predicted octanol–water partition coefficient (Wildman–Crippen LogP) is 5.21. The Morgan fingerprint density at radius 1 is 0.960 bits per heavy atom. The van der Waals surface area contributed by atoms with Gasteiger partial charge in [-0.25, -0.2) is 4.98 Å². The number of nitrogens with one attached hydrogen (secondary N) is 2. The highest BCUT2D eigenvalue weighted by molar-refractivity contribution is 9.10. The van der Waals surface area contributed by atoms with Crippen LogP contribution in [0.5, 0.6) is 0 Å². The number of anilines is 4. The molecule has 124 valence electrons. The highest BCUT2D eigenvalue weighted by atomic mass is 79.9. The van der Waals surface area contributed by atoms with Crippen molar-refractivity contribution >= 4 is 39.1 Å². The topological polar surface area (TPSA) is 73.6 Å². The summed E-state index contributed by atoms with van der Waals surface area (Å²) in [5.74, 6) is 1.17. The highest BCUT2D eigenvalue weighted by Crippen LogP contribution is 2.24. The zero-order valence-corrected chi connectivity index (χ0v) is 15.4. The molecule has 3 rings (SSSR count). The van der Waals surface area contributed by atoms with Crippen LogP contribution in [-0.4, -0.2) is 9.97 Å². The lowest BCUT2D eigenvalue weighted by Crippen LogP contribution is -2.02. The number of halogens is 1. The van der Waals surface area contributed by atoms with Crippen molar-refractivity contribution in [2.24, 2.45) is 0 Å². The summed E-state index contributed by atoms with van der Waals surface area (Å²) in [6.07, 6.45) is 0.